The fourth-order valence-corrected chi connectivity index (χ4v) is 2.30. The average Bonchev–Trinajstić information content (AvgIpc) is 2.76. The van der Waals surface area contributed by atoms with Crippen LogP contribution in [0.1, 0.15) is 38.1 Å². The summed E-state index contributed by atoms with van der Waals surface area (Å²) in [6.45, 7) is 8.97. The summed E-state index contributed by atoms with van der Waals surface area (Å²) in [6.07, 6.45) is 1.21. The Labute approximate surface area is 104 Å². The summed E-state index contributed by atoms with van der Waals surface area (Å²) in [4.78, 5) is 3.81. The zero-order valence-electron chi connectivity index (χ0n) is 10.9. The Morgan fingerprint density at radius 1 is 1.38 bits per heavy atom. The van der Waals surface area contributed by atoms with Gasteiger partial charge in [0.15, 0.2) is 0 Å². The van der Waals surface area contributed by atoms with Crippen molar-refractivity contribution >= 4 is 11.3 Å². The normalized spacial score (nSPS) is 13.6. The summed E-state index contributed by atoms with van der Waals surface area (Å²) >= 11 is 1.83. The van der Waals surface area contributed by atoms with Crippen molar-refractivity contribution < 1.29 is 0 Å². The molecule has 0 bridgehead atoms. The van der Waals surface area contributed by atoms with E-state index < -0.39 is 0 Å². The predicted octanol–water partition coefficient (Wildman–Crippen LogP) is 3.13. The third-order valence-corrected chi connectivity index (χ3v) is 4.04. The topological polar surface area (TPSA) is 15.3 Å². The van der Waals surface area contributed by atoms with E-state index in [2.05, 4.69) is 55.5 Å². The second-order valence-corrected chi connectivity index (χ2v) is 5.60. The summed E-state index contributed by atoms with van der Waals surface area (Å²) < 4.78 is 0. The standard InChI is InChI=1S/C13H24N2S/c1-11(2)15(4)9-6-8-14-12(3)13-7-5-10-16-13/h5,7,10-12,14H,6,8-9H2,1-4H3. The summed E-state index contributed by atoms with van der Waals surface area (Å²) in [5, 5.41) is 5.70. The number of hydrogen-bond donors (Lipinski definition) is 1. The molecule has 3 heteroatoms. The summed E-state index contributed by atoms with van der Waals surface area (Å²) in [7, 11) is 2.19. The number of thiophene rings is 1. The molecule has 0 spiro atoms. The molecule has 92 valence electrons. The first-order chi connectivity index (χ1) is 7.61. The van der Waals surface area contributed by atoms with E-state index in [1.54, 1.807) is 0 Å². The third kappa shape index (κ3) is 4.64. The van der Waals surface area contributed by atoms with Gasteiger partial charge in [0, 0.05) is 17.0 Å². The fourth-order valence-electron chi connectivity index (χ4n) is 1.54. The molecule has 0 saturated heterocycles. The van der Waals surface area contributed by atoms with Crippen molar-refractivity contribution in [3.63, 3.8) is 0 Å². The Morgan fingerprint density at radius 2 is 2.12 bits per heavy atom. The molecule has 0 aliphatic rings. The second-order valence-electron chi connectivity index (χ2n) is 4.62. The van der Waals surface area contributed by atoms with Gasteiger partial charge in [-0.05, 0) is 58.8 Å². The number of nitrogens with zero attached hydrogens (tertiary/aromatic N) is 1. The number of hydrogen-bond acceptors (Lipinski definition) is 3. The zero-order chi connectivity index (χ0) is 12.0. The molecule has 0 saturated carbocycles. The fraction of sp³-hybridized carbons (Fsp3) is 0.692. The SMILES string of the molecule is CC(NCCCN(C)C(C)C)c1cccs1. The lowest BCUT2D eigenvalue weighted by molar-refractivity contribution is 0.268. The molecule has 1 atom stereocenters. The molecule has 1 N–H and O–H groups in total. The van der Waals surface area contributed by atoms with Crippen molar-refractivity contribution in [3.05, 3.63) is 22.4 Å². The van der Waals surface area contributed by atoms with Gasteiger partial charge in [0.05, 0.1) is 0 Å². The minimum atomic E-state index is 0.490. The molecule has 1 heterocycles. The first-order valence-corrected chi connectivity index (χ1v) is 6.96. The van der Waals surface area contributed by atoms with Crippen LogP contribution in [0.25, 0.3) is 0 Å². The Bertz CT molecular complexity index is 269. The first kappa shape index (κ1) is 13.7. The molecule has 0 amide bonds. The van der Waals surface area contributed by atoms with E-state index in [-0.39, 0.29) is 0 Å². The van der Waals surface area contributed by atoms with Crippen LogP contribution in [0.5, 0.6) is 0 Å². The molecule has 0 aromatic carbocycles. The molecule has 0 fully saturated rings. The van der Waals surface area contributed by atoms with Gasteiger partial charge in [-0.25, -0.2) is 0 Å². The molecule has 2 nitrogen and oxygen atoms in total. The Morgan fingerprint density at radius 3 is 2.69 bits per heavy atom. The van der Waals surface area contributed by atoms with E-state index in [0.717, 1.165) is 6.54 Å². The van der Waals surface area contributed by atoms with Gasteiger partial charge < -0.3 is 10.2 Å². The molecule has 1 rings (SSSR count). The van der Waals surface area contributed by atoms with Gasteiger partial charge in [-0.1, -0.05) is 6.07 Å². The first-order valence-electron chi connectivity index (χ1n) is 6.08. The molecular weight excluding hydrogens is 216 g/mol. The number of rotatable bonds is 7. The van der Waals surface area contributed by atoms with Crippen LogP contribution in [0.15, 0.2) is 17.5 Å². The van der Waals surface area contributed by atoms with Crippen molar-refractivity contribution in [1.82, 2.24) is 10.2 Å². The molecule has 1 unspecified atom stereocenters. The van der Waals surface area contributed by atoms with Crippen molar-refractivity contribution in [2.75, 3.05) is 20.1 Å². The third-order valence-electron chi connectivity index (χ3n) is 2.99. The van der Waals surface area contributed by atoms with Gasteiger partial charge in [0.2, 0.25) is 0 Å². The molecular formula is C13H24N2S. The van der Waals surface area contributed by atoms with Gasteiger partial charge in [0.1, 0.15) is 0 Å². The minimum absolute atomic E-state index is 0.490. The monoisotopic (exact) mass is 240 g/mol. The highest BCUT2D eigenvalue weighted by atomic mass is 32.1. The Kier molecular flexibility index (Phi) is 6.03. The largest absolute Gasteiger partial charge is 0.309 e. The summed E-state index contributed by atoms with van der Waals surface area (Å²) in [6, 6.07) is 5.45. The van der Waals surface area contributed by atoms with Crippen LogP contribution < -0.4 is 5.32 Å². The van der Waals surface area contributed by atoms with Crippen molar-refractivity contribution in [2.24, 2.45) is 0 Å². The highest BCUT2D eigenvalue weighted by Crippen LogP contribution is 2.17. The maximum absolute atomic E-state index is 3.56. The maximum Gasteiger partial charge on any atom is 0.0386 e. The smallest absolute Gasteiger partial charge is 0.0386 e. The highest BCUT2D eigenvalue weighted by molar-refractivity contribution is 7.10. The predicted molar refractivity (Wildman–Crippen MR) is 73.1 cm³/mol. The molecule has 1 aromatic rings. The van der Waals surface area contributed by atoms with Crippen molar-refractivity contribution in [3.8, 4) is 0 Å². The van der Waals surface area contributed by atoms with E-state index in [1.807, 2.05) is 11.3 Å². The molecule has 0 aliphatic carbocycles. The van der Waals surface area contributed by atoms with E-state index in [1.165, 1.54) is 17.8 Å². The minimum Gasteiger partial charge on any atom is -0.309 e. The van der Waals surface area contributed by atoms with Crippen molar-refractivity contribution in [1.29, 1.82) is 0 Å². The van der Waals surface area contributed by atoms with Crippen LogP contribution in [0.4, 0.5) is 0 Å². The highest BCUT2D eigenvalue weighted by Gasteiger charge is 2.06. The van der Waals surface area contributed by atoms with Gasteiger partial charge >= 0.3 is 0 Å². The second kappa shape index (κ2) is 7.05. The van der Waals surface area contributed by atoms with Gasteiger partial charge in [-0.2, -0.15) is 0 Å². The molecule has 0 aliphatic heterocycles. The van der Waals surface area contributed by atoms with Crippen LogP contribution in [-0.2, 0) is 0 Å². The van der Waals surface area contributed by atoms with E-state index in [9.17, 15) is 0 Å². The molecule has 0 radical (unpaired) electrons. The van der Waals surface area contributed by atoms with Crippen LogP contribution in [0.2, 0.25) is 0 Å². The Hall–Kier alpha value is -0.380. The quantitative estimate of drug-likeness (QED) is 0.737. The lowest BCUT2D eigenvalue weighted by Crippen LogP contribution is -2.30. The van der Waals surface area contributed by atoms with Gasteiger partial charge in [-0.3, -0.25) is 0 Å². The summed E-state index contributed by atoms with van der Waals surface area (Å²) in [5.74, 6) is 0. The van der Waals surface area contributed by atoms with Gasteiger partial charge in [0.25, 0.3) is 0 Å². The van der Waals surface area contributed by atoms with Crippen LogP contribution in [0.3, 0.4) is 0 Å². The van der Waals surface area contributed by atoms with E-state index in [0.29, 0.717) is 12.1 Å². The maximum atomic E-state index is 3.56. The van der Waals surface area contributed by atoms with Crippen molar-refractivity contribution in [2.45, 2.75) is 39.3 Å². The summed E-state index contributed by atoms with van der Waals surface area (Å²) in [5.41, 5.74) is 0. The molecule has 16 heavy (non-hydrogen) atoms. The molecule has 1 aromatic heterocycles. The zero-order valence-corrected chi connectivity index (χ0v) is 11.7. The van der Waals surface area contributed by atoms with Crippen LogP contribution in [0, 0.1) is 0 Å². The Balaban J connectivity index is 2.12. The lowest BCUT2D eigenvalue weighted by atomic mass is 10.2. The number of nitrogens with one attached hydrogen (secondary N) is 1. The van der Waals surface area contributed by atoms with Crippen LogP contribution >= 0.6 is 11.3 Å². The average molecular weight is 240 g/mol. The van der Waals surface area contributed by atoms with Gasteiger partial charge in [-0.15, -0.1) is 11.3 Å². The van der Waals surface area contributed by atoms with Crippen LogP contribution in [-0.4, -0.2) is 31.1 Å². The van der Waals surface area contributed by atoms with E-state index in [4.69, 9.17) is 0 Å². The van der Waals surface area contributed by atoms with E-state index >= 15 is 0 Å². The lowest BCUT2D eigenvalue weighted by Gasteiger charge is -2.21.